The fourth-order valence-electron chi connectivity index (χ4n) is 2.98. The van der Waals surface area contributed by atoms with Gasteiger partial charge in [0.1, 0.15) is 0 Å². The molecule has 1 aliphatic carbocycles. The van der Waals surface area contributed by atoms with E-state index in [0.717, 1.165) is 0 Å². The van der Waals surface area contributed by atoms with E-state index in [1.807, 2.05) is 0 Å². The molecule has 2 unspecified atom stereocenters. The molecule has 0 aliphatic heterocycles. The number of benzene rings is 1. The average molecular weight is 246 g/mol. The Kier molecular flexibility index (Phi) is 5.21. The van der Waals surface area contributed by atoms with Crippen LogP contribution in [-0.4, -0.2) is 18.6 Å². The van der Waals surface area contributed by atoms with Crippen LogP contribution in [0.1, 0.15) is 50.5 Å². The van der Waals surface area contributed by atoms with Gasteiger partial charge in [-0.2, -0.15) is 0 Å². The van der Waals surface area contributed by atoms with Crippen LogP contribution in [0.4, 0.5) is 0 Å². The first kappa shape index (κ1) is 13.6. The molecule has 1 aromatic rings. The zero-order valence-electron chi connectivity index (χ0n) is 11.4. The van der Waals surface area contributed by atoms with E-state index < -0.39 is 0 Å². The van der Waals surface area contributed by atoms with Crippen LogP contribution in [-0.2, 0) is 0 Å². The summed E-state index contributed by atoms with van der Waals surface area (Å²) in [5, 5.41) is 3.78. The third-order valence-electron chi connectivity index (χ3n) is 4.24. The topological polar surface area (TPSA) is 38.0 Å². The van der Waals surface area contributed by atoms with E-state index in [1.54, 1.807) is 0 Å². The Bertz CT molecular complexity index is 330. The van der Waals surface area contributed by atoms with Gasteiger partial charge < -0.3 is 11.1 Å². The van der Waals surface area contributed by atoms with Crippen molar-refractivity contribution in [3.63, 3.8) is 0 Å². The molecule has 1 fully saturated rings. The first-order valence-corrected chi connectivity index (χ1v) is 7.32. The molecule has 1 aromatic carbocycles. The summed E-state index contributed by atoms with van der Waals surface area (Å²) < 4.78 is 0. The van der Waals surface area contributed by atoms with Crippen molar-refractivity contribution in [2.45, 2.75) is 57.0 Å². The van der Waals surface area contributed by atoms with Crippen molar-refractivity contribution in [2.75, 3.05) is 6.54 Å². The smallest absolute Gasteiger partial charge is 0.0258 e. The molecule has 2 heteroatoms. The SMILES string of the molecule is CC(c1ccccc1)C(CN)NC1CCCCC1. The molecule has 0 aromatic heterocycles. The minimum absolute atomic E-state index is 0.399. The van der Waals surface area contributed by atoms with Crippen LogP contribution < -0.4 is 11.1 Å². The first-order chi connectivity index (χ1) is 8.81. The molecule has 18 heavy (non-hydrogen) atoms. The molecular weight excluding hydrogens is 220 g/mol. The van der Waals surface area contributed by atoms with Crippen molar-refractivity contribution in [3.8, 4) is 0 Å². The van der Waals surface area contributed by atoms with Gasteiger partial charge in [-0.15, -0.1) is 0 Å². The molecule has 0 amide bonds. The zero-order valence-corrected chi connectivity index (χ0v) is 11.4. The van der Waals surface area contributed by atoms with Gasteiger partial charge in [0.25, 0.3) is 0 Å². The lowest BCUT2D eigenvalue weighted by Gasteiger charge is -2.31. The molecule has 3 N–H and O–H groups in total. The van der Waals surface area contributed by atoms with Gasteiger partial charge in [-0.1, -0.05) is 56.5 Å². The van der Waals surface area contributed by atoms with E-state index in [4.69, 9.17) is 5.73 Å². The second kappa shape index (κ2) is 6.91. The van der Waals surface area contributed by atoms with E-state index in [0.29, 0.717) is 24.5 Å². The van der Waals surface area contributed by atoms with Crippen LogP contribution >= 0.6 is 0 Å². The summed E-state index contributed by atoms with van der Waals surface area (Å²) in [4.78, 5) is 0. The highest BCUT2D eigenvalue weighted by Gasteiger charge is 2.22. The summed E-state index contributed by atoms with van der Waals surface area (Å²) >= 11 is 0. The van der Waals surface area contributed by atoms with Gasteiger partial charge in [-0.25, -0.2) is 0 Å². The largest absolute Gasteiger partial charge is 0.329 e. The van der Waals surface area contributed by atoms with Gasteiger partial charge >= 0.3 is 0 Å². The van der Waals surface area contributed by atoms with Crippen molar-refractivity contribution in [1.82, 2.24) is 5.32 Å². The number of nitrogens with one attached hydrogen (secondary N) is 1. The Balaban J connectivity index is 1.95. The Morgan fingerprint density at radius 3 is 2.44 bits per heavy atom. The van der Waals surface area contributed by atoms with Gasteiger partial charge in [0, 0.05) is 18.6 Å². The summed E-state index contributed by atoms with van der Waals surface area (Å²) in [6.07, 6.45) is 6.78. The Morgan fingerprint density at radius 2 is 1.83 bits per heavy atom. The average Bonchev–Trinajstić information content (AvgIpc) is 2.46. The molecule has 0 bridgehead atoms. The quantitative estimate of drug-likeness (QED) is 0.838. The molecule has 0 spiro atoms. The normalized spacial score (nSPS) is 20.6. The molecular formula is C16H26N2. The van der Waals surface area contributed by atoms with Crippen LogP contribution in [0.2, 0.25) is 0 Å². The molecule has 0 radical (unpaired) electrons. The highest BCUT2D eigenvalue weighted by Crippen LogP contribution is 2.22. The van der Waals surface area contributed by atoms with Gasteiger partial charge in [-0.3, -0.25) is 0 Å². The fourth-order valence-corrected chi connectivity index (χ4v) is 2.98. The van der Waals surface area contributed by atoms with Crippen molar-refractivity contribution in [3.05, 3.63) is 35.9 Å². The first-order valence-electron chi connectivity index (χ1n) is 7.32. The lowest BCUT2D eigenvalue weighted by atomic mass is 9.90. The number of hydrogen-bond acceptors (Lipinski definition) is 2. The molecule has 0 saturated heterocycles. The predicted octanol–water partition coefficient (Wildman–Crippen LogP) is 3.04. The lowest BCUT2D eigenvalue weighted by molar-refractivity contribution is 0.319. The Labute approximate surface area is 111 Å². The predicted molar refractivity (Wildman–Crippen MR) is 77.7 cm³/mol. The summed E-state index contributed by atoms with van der Waals surface area (Å²) in [7, 11) is 0. The second-order valence-electron chi connectivity index (χ2n) is 5.54. The molecule has 100 valence electrons. The summed E-state index contributed by atoms with van der Waals surface area (Å²) in [5.74, 6) is 0.484. The van der Waals surface area contributed by atoms with Crippen LogP contribution in [0.25, 0.3) is 0 Å². The van der Waals surface area contributed by atoms with E-state index >= 15 is 0 Å². The summed E-state index contributed by atoms with van der Waals surface area (Å²) in [5.41, 5.74) is 7.35. The van der Waals surface area contributed by atoms with Gasteiger partial charge in [-0.05, 0) is 24.3 Å². The van der Waals surface area contributed by atoms with Gasteiger partial charge in [0.15, 0.2) is 0 Å². The maximum absolute atomic E-state index is 5.97. The zero-order chi connectivity index (χ0) is 12.8. The Morgan fingerprint density at radius 1 is 1.17 bits per heavy atom. The van der Waals surface area contributed by atoms with Crippen LogP contribution in [0.3, 0.4) is 0 Å². The highest BCUT2D eigenvalue weighted by molar-refractivity contribution is 5.20. The molecule has 2 rings (SSSR count). The molecule has 2 atom stereocenters. The van der Waals surface area contributed by atoms with Crippen LogP contribution in [0.5, 0.6) is 0 Å². The minimum atomic E-state index is 0.399. The minimum Gasteiger partial charge on any atom is -0.329 e. The lowest BCUT2D eigenvalue weighted by Crippen LogP contribution is -2.46. The number of rotatable bonds is 5. The fraction of sp³-hybridized carbons (Fsp3) is 0.625. The third-order valence-corrected chi connectivity index (χ3v) is 4.24. The monoisotopic (exact) mass is 246 g/mol. The van der Waals surface area contributed by atoms with E-state index in [2.05, 4.69) is 42.6 Å². The maximum atomic E-state index is 5.97. The molecule has 1 saturated carbocycles. The third kappa shape index (κ3) is 3.56. The van der Waals surface area contributed by atoms with Crippen molar-refractivity contribution in [2.24, 2.45) is 5.73 Å². The molecule has 0 heterocycles. The van der Waals surface area contributed by atoms with Crippen molar-refractivity contribution in [1.29, 1.82) is 0 Å². The van der Waals surface area contributed by atoms with E-state index in [9.17, 15) is 0 Å². The standard InChI is InChI=1S/C16H26N2/c1-13(14-8-4-2-5-9-14)16(12-17)18-15-10-6-3-7-11-15/h2,4-5,8-9,13,15-16,18H,3,6-7,10-12,17H2,1H3. The van der Waals surface area contributed by atoms with Gasteiger partial charge in [0.05, 0.1) is 0 Å². The maximum Gasteiger partial charge on any atom is 0.0258 e. The number of hydrogen-bond donors (Lipinski definition) is 2. The highest BCUT2D eigenvalue weighted by atomic mass is 15.0. The van der Waals surface area contributed by atoms with E-state index in [1.165, 1.54) is 37.7 Å². The molecule has 1 aliphatic rings. The number of nitrogens with two attached hydrogens (primary N) is 1. The van der Waals surface area contributed by atoms with Crippen LogP contribution in [0.15, 0.2) is 30.3 Å². The Hall–Kier alpha value is -0.860. The summed E-state index contributed by atoms with van der Waals surface area (Å²) in [6, 6.07) is 11.8. The van der Waals surface area contributed by atoms with Gasteiger partial charge in [0.2, 0.25) is 0 Å². The van der Waals surface area contributed by atoms with Crippen LogP contribution in [0, 0.1) is 0 Å². The summed E-state index contributed by atoms with van der Waals surface area (Å²) in [6.45, 7) is 3.00. The van der Waals surface area contributed by atoms with Crippen molar-refractivity contribution >= 4 is 0 Å². The molecule has 2 nitrogen and oxygen atoms in total. The van der Waals surface area contributed by atoms with Crippen molar-refractivity contribution < 1.29 is 0 Å². The van der Waals surface area contributed by atoms with E-state index in [-0.39, 0.29) is 0 Å². The second-order valence-corrected chi connectivity index (χ2v) is 5.54.